The molecular weight excluding hydrogens is 216 g/mol. The summed E-state index contributed by atoms with van der Waals surface area (Å²) in [4.78, 5) is 11.6. The van der Waals surface area contributed by atoms with Crippen molar-refractivity contribution in [2.24, 2.45) is 11.8 Å². The average Bonchev–Trinajstić information content (AvgIpc) is 2.10. The van der Waals surface area contributed by atoms with Crippen LogP contribution in [0, 0.1) is 11.8 Å². The summed E-state index contributed by atoms with van der Waals surface area (Å²) in [5, 5.41) is 15.1. The molecule has 0 aromatic rings. The number of carbonyl (C=O) groups excluding carboxylic acids is 1. The second kappa shape index (κ2) is 6.84. The van der Waals surface area contributed by atoms with Crippen molar-refractivity contribution in [2.75, 3.05) is 6.54 Å². The first-order chi connectivity index (χ1) is 7.99. The number of rotatable bonds is 6. The molecule has 1 aliphatic carbocycles. The molecule has 0 aromatic heterocycles. The number of carbonyl (C=O) groups is 1. The van der Waals surface area contributed by atoms with Crippen molar-refractivity contribution in [2.45, 2.75) is 58.6 Å². The Bertz CT molecular complexity index is 240. The quantitative estimate of drug-likeness (QED) is 0.666. The molecule has 4 heteroatoms. The van der Waals surface area contributed by atoms with Gasteiger partial charge in [0.25, 0.3) is 0 Å². The summed E-state index contributed by atoms with van der Waals surface area (Å²) in [6, 6.07) is 0.192. The zero-order valence-corrected chi connectivity index (χ0v) is 11.2. The van der Waals surface area contributed by atoms with Crippen molar-refractivity contribution in [3.8, 4) is 0 Å². The van der Waals surface area contributed by atoms with Gasteiger partial charge < -0.3 is 15.7 Å². The van der Waals surface area contributed by atoms with Crippen molar-refractivity contribution in [1.29, 1.82) is 0 Å². The number of amides is 2. The van der Waals surface area contributed by atoms with Crippen LogP contribution in [0.4, 0.5) is 4.79 Å². The highest BCUT2D eigenvalue weighted by atomic mass is 16.3. The first kappa shape index (κ1) is 14.3. The highest BCUT2D eigenvalue weighted by molar-refractivity contribution is 5.74. The zero-order valence-electron chi connectivity index (χ0n) is 11.2. The Hall–Kier alpha value is -0.770. The Balaban J connectivity index is 2.11. The maximum atomic E-state index is 11.6. The van der Waals surface area contributed by atoms with Crippen LogP contribution in [0.2, 0.25) is 0 Å². The van der Waals surface area contributed by atoms with Gasteiger partial charge in [-0.3, -0.25) is 0 Å². The zero-order chi connectivity index (χ0) is 12.8. The largest absolute Gasteiger partial charge is 0.393 e. The molecule has 1 rings (SSSR count). The molecule has 1 saturated carbocycles. The lowest BCUT2D eigenvalue weighted by Gasteiger charge is -2.32. The first-order valence-electron chi connectivity index (χ1n) is 6.71. The number of aliphatic hydroxyl groups excluding tert-OH is 1. The van der Waals surface area contributed by atoms with Gasteiger partial charge in [0.05, 0.1) is 6.10 Å². The first-order valence-corrected chi connectivity index (χ1v) is 6.71. The molecule has 3 N–H and O–H groups in total. The molecule has 3 atom stereocenters. The Morgan fingerprint density at radius 1 is 1.35 bits per heavy atom. The van der Waals surface area contributed by atoms with E-state index >= 15 is 0 Å². The topological polar surface area (TPSA) is 61.4 Å². The second-order valence-corrected chi connectivity index (χ2v) is 5.52. The summed E-state index contributed by atoms with van der Waals surface area (Å²) in [5.41, 5.74) is 0. The minimum absolute atomic E-state index is 0.0816. The van der Waals surface area contributed by atoms with Crippen LogP contribution in [0.3, 0.4) is 0 Å². The van der Waals surface area contributed by atoms with Crippen molar-refractivity contribution in [3.63, 3.8) is 0 Å². The monoisotopic (exact) mass is 242 g/mol. The fourth-order valence-corrected chi connectivity index (χ4v) is 2.25. The van der Waals surface area contributed by atoms with Crippen LogP contribution in [0.5, 0.6) is 0 Å². The third kappa shape index (κ3) is 5.39. The highest BCUT2D eigenvalue weighted by Crippen LogP contribution is 2.29. The Labute approximate surface area is 104 Å². The third-order valence-electron chi connectivity index (χ3n) is 3.57. The van der Waals surface area contributed by atoms with Crippen LogP contribution in [0.1, 0.15) is 46.5 Å². The van der Waals surface area contributed by atoms with Crippen molar-refractivity contribution in [3.05, 3.63) is 0 Å². The number of urea groups is 1. The molecule has 1 aliphatic rings. The van der Waals surface area contributed by atoms with E-state index in [0.717, 1.165) is 6.42 Å². The summed E-state index contributed by atoms with van der Waals surface area (Å²) in [5.74, 6) is 0.968. The molecule has 0 radical (unpaired) electrons. The minimum Gasteiger partial charge on any atom is -0.393 e. The molecule has 17 heavy (non-hydrogen) atoms. The van der Waals surface area contributed by atoms with Crippen LogP contribution in [0.25, 0.3) is 0 Å². The Morgan fingerprint density at radius 2 is 2.00 bits per heavy atom. The molecule has 3 unspecified atom stereocenters. The van der Waals surface area contributed by atoms with Crippen LogP contribution in [0.15, 0.2) is 0 Å². The number of hydrogen-bond donors (Lipinski definition) is 3. The van der Waals surface area contributed by atoms with E-state index in [9.17, 15) is 9.90 Å². The Kier molecular flexibility index (Phi) is 5.75. The molecule has 0 spiro atoms. The SMILES string of the molecule is CC(O)CC(C)CNC(=O)NC(C)C1CCC1. The van der Waals surface area contributed by atoms with Crippen molar-refractivity contribution in [1.82, 2.24) is 10.6 Å². The molecule has 0 aromatic carbocycles. The fourth-order valence-electron chi connectivity index (χ4n) is 2.25. The number of hydrogen-bond acceptors (Lipinski definition) is 2. The van der Waals surface area contributed by atoms with Crippen LogP contribution in [-0.4, -0.2) is 29.8 Å². The smallest absolute Gasteiger partial charge is 0.315 e. The average molecular weight is 242 g/mol. The maximum Gasteiger partial charge on any atom is 0.315 e. The molecule has 0 saturated heterocycles. The normalized spacial score (nSPS) is 21.2. The second-order valence-electron chi connectivity index (χ2n) is 5.52. The van der Waals surface area contributed by atoms with E-state index in [-0.39, 0.29) is 18.2 Å². The number of aliphatic hydroxyl groups is 1. The van der Waals surface area contributed by atoms with Gasteiger partial charge in [-0.15, -0.1) is 0 Å². The van der Waals surface area contributed by atoms with Crippen molar-refractivity contribution >= 4 is 6.03 Å². The lowest BCUT2D eigenvalue weighted by atomic mass is 9.80. The van der Waals surface area contributed by atoms with Gasteiger partial charge in [-0.1, -0.05) is 13.3 Å². The maximum absolute atomic E-state index is 11.6. The van der Waals surface area contributed by atoms with E-state index in [1.807, 2.05) is 6.92 Å². The van der Waals surface area contributed by atoms with Gasteiger partial charge in [-0.25, -0.2) is 4.79 Å². The molecular formula is C13H26N2O2. The summed E-state index contributed by atoms with van der Waals surface area (Å²) < 4.78 is 0. The van der Waals surface area contributed by atoms with Crippen molar-refractivity contribution < 1.29 is 9.90 Å². The summed E-state index contributed by atoms with van der Waals surface area (Å²) in [7, 11) is 0. The molecule has 4 nitrogen and oxygen atoms in total. The van der Waals surface area contributed by atoms with Crippen LogP contribution >= 0.6 is 0 Å². The fraction of sp³-hybridized carbons (Fsp3) is 0.923. The molecule has 2 amide bonds. The number of nitrogens with one attached hydrogen (secondary N) is 2. The molecule has 0 bridgehead atoms. The highest BCUT2D eigenvalue weighted by Gasteiger charge is 2.24. The predicted molar refractivity (Wildman–Crippen MR) is 68.8 cm³/mol. The molecule has 0 aliphatic heterocycles. The summed E-state index contributed by atoms with van der Waals surface area (Å²) >= 11 is 0. The van der Waals surface area contributed by atoms with Gasteiger partial charge in [0.15, 0.2) is 0 Å². The summed E-state index contributed by atoms with van der Waals surface area (Å²) in [6.07, 6.45) is 4.19. The van der Waals surface area contributed by atoms with E-state index in [2.05, 4.69) is 17.6 Å². The van der Waals surface area contributed by atoms with E-state index in [0.29, 0.717) is 18.4 Å². The van der Waals surface area contributed by atoms with Crippen LogP contribution < -0.4 is 10.6 Å². The van der Waals surface area contributed by atoms with Gasteiger partial charge in [-0.05, 0) is 44.9 Å². The minimum atomic E-state index is -0.302. The molecule has 0 heterocycles. The third-order valence-corrected chi connectivity index (χ3v) is 3.57. The predicted octanol–water partition coefficient (Wildman–Crippen LogP) is 1.88. The van der Waals surface area contributed by atoms with Gasteiger partial charge in [-0.2, -0.15) is 0 Å². The lowest BCUT2D eigenvalue weighted by Crippen LogP contribution is -2.46. The standard InChI is InChI=1S/C13H26N2O2/c1-9(7-10(2)16)8-14-13(17)15-11(3)12-5-4-6-12/h9-12,16H,4-8H2,1-3H3,(H2,14,15,17). The molecule has 1 fully saturated rings. The Morgan fingerprint density at radius 3 is 2.47 bits per heavy atom. The van der Waals surface area contributed by atoms with E-state index in [1.165, 1.54) is 19.3 Å². The van der Waals surface area contributed by atoms with Gasteiger partial charge in [0.1, 0.15) is 0 Å². The van der Waals surface area contributed by atoms with Gasteiger partial charge in [0, 0.05) is 12.6 Å². The molecule has 100 valence electrons. The van der Waals surface area contributed by atoms with E-state index in [4.69, 9.17) is 0 Å². The van der Waals surface area contributed by atoms with Gasteiger partial charge in [0.2, 0.25) is 0 Å². The summed E-state index contributed by atoms with van der Waals surface area (Å²) in [6.45, 7) is 6.49. The van der Waals surface area contributed by atoms with Gasteiger partial charge >= 0.3 is 6.03 Å². The lowest BCUT2D eigenvalue weighted by molar-refractivity contribution is 0.162. The van der Waals surface area contributed by atoms with E-state index < -0.39 is 0 Å². The van der Waals surface area contributed by atoms with Crippen LogP contribution in [-0.2, 0) is 0 Å². The van der Waals surface area contributed by atoms with E-state index in [1.54, 1.807) is 6.92 Å².